The molecule has 1 aliphatic rings. The van der Waals surface area contributed by atoms with E-state index in [1.807, 2.05) is 0 Å². The summed E-state index contributed by atoms with van der Waals surface area (Å²) in [6.45, 7) is 0.637. The summed E-state index contributed by atoms with van der Waals surface area (Å²) in [5.74, 6) is 1.50. The number of aromatic nitrogens is 2. The number of ether oxygens (including phenoxy) is 4. The molecule has 3 heterocycles. The molecule has 9 nitrogen and oxygen atoms in total. The van der Waals surface area contributed by atoms with Crippen molar-refractivity contribution < 1.29 is 32.6 Å². The summed E-state index contributed by atoms with van der Waals surface area (Å²) < 4.78 is 32.0. The van der Waals surface area contributed by atoms with Gasteiger partial charge in [0.25, 0.3) is 11.8 Å². The van der Waals surface area contributed by atoms with Crippen LogP contribution in [0.15, 0.2) is 39.4 Å². The quantitative estimate of drug-likeness (QED) is 0.636. The normalized spacial score (nSPS) is 12.7. The van der Waals surface area contributed by atoms with Crippen LogP contribution in [0.3, 0.4) is 0 Å². The fourth-order valence-electron chi connectivity index (χ4n) is 2.41. The summed E-state index contributed by atoms with van der Waals surface area (Å²) in [6, 6.07) is 6.46. The van der Waals surface area contributed by atoms with E-state index >= 15 is 0 Å². The van der Waals surface area contributed by atoms with Gasteiger partial charge in [-0.2, -0.15) is 0 Å². The van der Waals surface area contributed by atoms with E-state index in [1.54, 1.807) is 18.2 Å². The summed E-state index contributed by atoms with van der Waals surface area (Å²) in [5, 5.41) is 7.65. The zero-order valence-electron chi connectivity index (χ0n) is 13.8. The standard InChI is InChI=1S/C17H14N2O7/c1-21-12-7-10(8-13-15(12)24-6-5-23-13)17(20)25-9-14-18-19-16(26-14)11-3-2-4-22-11/h2-4,7-8H,5-6,9H2,1H3. The van der Waals surface area contributed by atoms with Gasteiger partial charge in [0.05, 0.1) is 18.9 Å². The molecular formula is C17H14N2O7. The van der Waals surface area contributed by atoms with Crippen LogP contribution >= 0.6 is 0 Å². The molecule has 0 fully saturated rings. The second kappa shape index (κ2) is 6.79. The zero-order valence-corrected chi connectivity index (χ0v) is 13.8. The van der Waals surface area contributed by atoms with Crippen LogP contribution in [0.25, 0.3) is 11.7 Å². The van der Waals surface area contributed by atoms with Crippen molar-refractivity contribution in [2.75, 3.05) is 20.3 Å². The minimum absolute atomic E-state index is 0.147. The molecule has 0 spiro atoms. The first-order valence-corrected chi connectivity index (χ1v) is 7.75. The van der Waals surface area contributed by atoms with Crippen LogP contribution in [0.5, 0.6) is 17.2 Å². The molecule has 0 aliphatic carbocycles. The van der Waals surface area contributed by atoms with Gasteiger partial charge < -0.3 is 27.8 Å². The maximum atomic E-state index is 12.3. The Kier molecular flexibility index (Phi) is 4.18. The van der Waals surface area contributed by atoms with Crippen molar-refractivity contribution in [1.82, 2.24) is 10.2 Å². The fourth-order valence-corrected chi connectivity index (χ4v) is 2.41. The third-order valence-electron chi connectivity index (χ3n) is 3.59. The molecule has 2 aromatic heterocycles. The number of carbonyl (C=O) groups is 1. The molecule has 26 heavy (non-hydrogen) atoms. The number of fused-ring (bicyclic) bond motifs is 1. The number of benzene rings is 1. The molecule has 0 N–H and O–H groups in total. The second-order valence-electron chi connectivity index (χ2n) is 5.26. The van der Waals surface area contributed by atoms with Crippen molar-refractivity contribution in [2.45, 2.75) is 6.61 Å². The molecule has 3 aromatic rings. The molecule has 1 aliphatic heterocycles. The molecule has 0 saturated carbocycles. The minimum atomic E-state index is -0.585. The predicted octanol–water partition coefficient (Wildman–Crippen LogP) is 2.47. The number of hydrogen-bond donors (Lipinski definition) is 0. The topological polar surface area (TPSA) is 106 Å². The fraction of sp³-hybridized carbons (Fsp3) is 0.235. The maximum absolute atomic E-state index is 12.3. The van der Waals surface area contributed by atoms with Gasteiger partial charge in [0, 0.05) is 0 Å². The summed E-state index contributed by atoms with van der Waals surface area (Å²) in [4.78, 5) is 12.3. The monoisotopic (exact) mass is 358 g/mol. The van der Waals surface area contributed by atoms with Crippen molar-refractivity contribution in [3.63, 3.8) is 0 Å². The summed E-state index contributed by atoms with van der Waals surface area (Å²) in [7, 11) is 1.48. The van der Waals surface area contributed by atoms with Gasteiger partial charge in [-0.15, -0.1) is 10.2 Å². The SMILES string of the molecule is COc1cc(C(=O)OCc2nnc(-c3ccco3)o2)cc2c1OCCO2. The molecule has 0 bridgehead atoms. The lowest BCUT2D eigenvalue weighted by Crippen LogP contribution is -2.17. The van der Waals surface area contributed by atoms with E-state index in [4.69, 9.17) is 27.8 Å². The van der Waals surface area contributed by atoms with Crippen LogP contribution in [-0.2, 0) is 11.3 Å². The smallest absolute Gasteiger partial charge is 0.338 e. The Bertz CT molecular complexity index is 900. The molecule has 0 atom stereocenters. The molecule has 0 amide bonds. The summed E-state index contributed by atoms with van der Waals surface area (Å²) in [6.07, 6.45) is 1.49. The van der Waals surface area contributed by atoms with E-state index in [0.29, 0.717) is 36.2 Å². The van der Waals surface area contributed by atoms with E-state index in [-0.39, 0.29) is 24.0 Å². The second-order valence-corrected chi connectivity index (χ2v) is 5.26. The van der Waals surface area contributed by atoms with Gasteiger partial charge in [0.15, 0.2) is 23.9 Å². The van der Waals surface area contributed by atoms with Gasteiger partial charge in [-0.05, 0) is 24.3 Å². The van der Waals surface area contributed by atoms with Crippen molar-refractivity contribution in [2.24, 2.45) is 0 Å². The van der Waals surface area contributed by atoms with Crippen molar-refractivity contribution in [3.8, 4) is 28.9 Å². The first-order valence-electron chi connectivity index (χ1n) is 7.75. The summed E-state index contributed by atoms with van der Waals surface area (Å²) >= 11 is 0. The van der Waals surface area contributed by atoms with Gasteiger partial charge >= 0.3 is 5.97 Å². The molecule has 134 valence electrons. The number of hydrogen-bond acceptors (Lipinski definition) is 9. The molecule has 0 unspecified atom stereocenters. The van der Waals surface area contributed by atoms with Crippen molar-refractivity contribution in [1.29, 1.82) is 0 Å². The molecular weight excluding hydrogens is 344 g/mol. The number of nitrogens with zero attached hydrogens (tertiary/aromatic N) is 2. The van der Waals surface area contributed by atoms with E-state index in [1.165, 1.54) is 19.4 Å². The highest BCUT2D eigenvalue weighted by atomic mass is 16.6. The molecule has 4 rings (SSSR count). The largest absolute Gasteiger partial charge is 0.493 e. The Balaban J connectivity index is 1.47. The molecule has 0 saturated heterocycles. The zero-order chi connectivity index (χ0) is 17.9. The predicted molar refractivity (Wildman–Crippen MR) is 85.1 cm³/mol. The average Bonchev–Trinajstić information content (AvgIpc) is 3.36. The third kappa shape index (κ3) is 3.06. The molecule has 1 aromatic carbocycles. The first kappa shape index (κ1) is 16.0. The Morgan fingerprint density at radius 3 is 2.92 bits per heavy atom. The van der Waals surface area contributed by atoms with E-state index in [0.717, 1.165) is 0 Å². The van der Waals surface area contributed by atoms with Crippen LogP contribution in [0.4, 0.5) is 0 Å². The van der Waals surface area contributed by atoms with E-state index in [9.17, 15) is 4.79 Å². The van der Waals surface area contributed by atoms with Gasteiger partial charge in [0.2, 0.25) is 5.75 Å². The lowest BCUT2D eigenvalue weighted by Gasteiger charge is -2.21. The van der Waals surface area contributed by atoms with Crippen molar-refractivity contribution >= 4 is 5.97 Å². The van der Waals surface area contributed by atoms with Crippen LogP contribution < -0.4 is 14.2 Å². The van der Waals surface area contributed by atoms with E-state index < -0.39 is 5.97 Å². The number of carbonyl (C=O) groups excluding carboxylic acids is 1. The van der Waals surface area contributed by atoms with Gasteiger partial charge in [-0.3, -0.25) is 0 Å². The van der Waals surface area contributed by atoms with Crippen LogP contribution in [0, 0.1) is 0 Å². The Morgan fingerprint density at radius 1 is 1.23 bits per heavy atom. The van der Waals surface area contributed by atoms with E-state index in [2.05, 4.69) is 10.2 Å². The number of rotatable bonds is 5. The number of methoxy groups -OCH3 is 1. The number of furan rings is 1. The highest BCUT2D eigenvalue weighted by molar-refractivity contribution is 5.91. The lowest BCUT2D eigenvalue weighted by atomic mass is 10.1. The van der Waals surface area contributed by atoms with Gasteiger partial charge in [-0.1, -0.05) is 0 Å². The lowest BCUT2D eigenvalue weighted by molar-refractivity contribution is 0.0437. The number of esters is 1. The van der Waals surface area contributed by atoms with Crippen LogP contribution in [0.2, 0.25) is 0 Å². The Morgan fingerprint density at radius 2 is 2.12 bits per heavy atom. The first-order chi connectivity index (χ1) is 12.7. The summed E-state index contributed by atoms with van der Waals surface area (Å²) in [5.41, 5.74) is 0.261. The van der Waals surface area contributed by atoms with Crippen molar-refractivity contribution in [3.05, 3.63) is 42.0 Å². The van der Waals surface area contributed by atoms with Crippen LogP contribution in [0.1, 0.15) is 16.2 Å². The third-order valence-corrected chi connectivity index (χ3v) is 3.59. The molecule has 0 radical (unpaired) electrons. The van der Waals surface area contributed by atoms with Gasteiger partial charge in [0.1, 0.15) is 13.2 Å². The Labute approximate surface area is 147 Å². The average molecular weight is 358 g/mol. The highest BCUT2D eigenvalue weighted by Crippen LogP contribution is 2.40. The molecule has 9 heteroatoms. The minimum Gasteiger partial charge on any atom is -0.493 e. The maximum Gasteiger partial charge on any atom is 0.338 e. The van der Waals surface area contributed by atoms with Crippen LogP contribution in [-0.4, -0.2) is 36.5 Å². The highest BCUT2D eigenvalue weighted by Gasteiger charge is 2.22. The van der Waals surface area contributed by atoms with Gasteiger partial charge in [-0.25, -0.2) is 4.79 Å². The Hall–Kier alpha value is -3.49.